The fourth-order valence-electron chi connectivity index (χ4n) is 4.34. The molecular formula is C25H29N3O6S. The summed E-state index contributed by atoms with van der Waals surface area (Å²) in [4.78, 5) is 27.3. The lowest BCUT2D eigenvalue weighted by Gasteiger charge is -2.35. The molecule has 0 radical (unpaired) electrons. The van der Waals surface area contributed by atoms with Crippen molar-refractivity contribution in [2.24, 2.45) is 0 Å². The first-order chi connectivity index (χ1) is 16.7. The molecule has 0 aliphatic carbocycles. The van der Waals surface area contributed by atoms with E-state index in [1.54, 1.807) is 58.0 Å². The standard InChI is InChI=1S/C25H29N3O6S/c1-17-12-28(13-18(2)34-17)25(30)15-27-14-23(21-6-4-5-7-22(21)27)35(31,32)16-24(29)26-19-8-10-20(33-3)11-9-19/h4-11,14,17-18H,12-13,15-16H2,1-3H3,(H,26,29). The Morgan fingerprint density at radius 2 is 1.71 bits per heavy atom. The number of anilines is 1. The van der Waals surface area contributed by atoms with Crippen LogP contribution in [0.25, 0.3) is 10.9 Å². The molecule has 2 amide bonds. The number of hydrogen-bond acceptors (Lipinski definition) is 6. The number of ether oxygens (including phenoxy) is 2. The predicted octanol–water partition coefficient (Wildman–Crippen LogP) is 2.70. The number of nitrogens with zero attached hydrogens (tertiary/aromatic N) is 2. The number of fused-ring (bicyclic) bond motifs is 1. The van der Waals surface area contributed by atoms with Gasteiger partial charge >= 0.3 is 0 Å². The van der Waals surface area contributed by atoms with Crippen molar-refractivity contribution < 1.29 is 27.5 Å². The molecule has 2 unspecified atom stereocenters. The summed E-state index contributed by atoms with van der Waals surface area (Å²) in [6.07, 6.45) is 1.32. The van der Waals surface area contributed by atoms with Crippen molar-refractivity contribution in [1.29, 1.82) is 0 Å². The zero-order chi connectivity index (χ0) is 25.2. The molecule has 1 aliphatic rings. The third kappa shape index (κ3) is 5.66. The van der Waals surface area contributed by atoms with Crippen LogP contribution in [0.5, 0.6) is 5.75 Å². The molecule has 0 bridgehead atoms. The summed E-state index contributed by atoms with van der Waals surface area (Å²) in [5.41, 5.74) is 1.08. The summed E-state index contributed by atoms with van der Waals surface area (Å²) >= 11 is 0. The minimum atomic E-state index is -3.98. The quantitative estimate of drug-likeness (QED) is 0.536. The fourth-order valence-corrected chi connectivity index (χ4v) is 5.71. The van der Waals surface area contributed by atoms with E-state index < -0.39 is 21.5 Å². The van der Waals surface area contributed by atoms with Crippen LogP contribution in [0.4, 0.5) is 5.69 Å². The summed E-state index contributed by atoms with van der Waals surface area (Å²) < 4.78 is 38.9. The monoisotopic (exact) mass is 499 g/mol. The van der Waals surface area contributed by atoms with Crippen LogP contribution < -0.4 is 10.1 Å². The highest BCUT2D eigenvalue weighted by atomic mass is 32.2. The topological polar surface area (TPSA) is 107 Å². The second-order valence-electron chi connectivity index (χ2n) is 8.73. The van der Waals surface area contributed by atoms with Crippen molar-refractivity contribution in [1.82, 2.24) is 9.47 Å². The van der Waals surface area contributed by atoms with Crippen LogP contribution in [0.1, 0.15) is 13.8 Å². The third-order valence-corrected chi connectivity index (χ3v) is 7.50. The highest BCUT2D eigenvalue weighted by Gasteiger charge is 2.28. The average molecular weight is 500 g/mol. The SMILES string of the molecule is COc1ccc(NC(=O)CS(=O)(=O)c2cn(CC(=O)N3CC(C)OC(C)C3)c3ccccc23)cc1. The van der Waals surface area contributed by atoms with Gasteiger partial charge in [-0.15, -0.1) is 0 Å². The molecule has 2 atom stereocenters. The van der Waals surface area contributed by atoms with E-state index >= 15 is 0 Å². The Hall–Kier alpha value is -3.37. The van der Waals surface area contributed by atoms with Gasteiger partial charge in [-0.05, 0) is 44.2 Å². The van der Waals surface area contributed by atoms with Crippen LogP contribution in [0.3, 0.4) is 0 Å². The molecule has 1 aliphatic heterocycles. The summed E-state index contributed by atoms with van der Waals surface area (Å²) in [6.45, 7) is 4.80. The van der Waals surface area contributed by atoms with E-state index in [-0.39, 0.29) is 29.6 Å². The number of aromatic nitrogens is 1. The van der Waals surface area contributed by atoms with Gasteiger partial charge in [0.25, 0.3) is 0 Å². The number of carbonyl (C=O) groups is 2. The second-order valence-corrected chi connectivity index (χ2v) is 10.7. The highest BCUT2D eigenvalue weighted by Crippen LogP contribution is 2.27. The van der Waals surface area contributed by atoms with Crippen molar-refractivity contribution in [3.05, 3.63) is 54.7 Å². The number of methoxy groups -OCH3 is 1. The Morgan fingerprint density at radius 1 is 1.06 bits per heavy atom. The van der Waals surface area contributed by atoms with Crippen LogP contribution in [-0.4, -0.2) is 67.9 Å². The van der Waals surface area contributed by atoms with Gasteiger partial charge in [-0.2, -0.15) is 0 Å². The zero-order valence-electron chi connectivity index (χ0n) is 19.9. The molecule has 2 aromatic carbocycles. The van der Waals surface area contributed by atoms with Crippen molar-refractivity contribution >= 4 is 38.2 Å². The van der Waals surface area contributed by atoms with Gasteiger partial charge in [0.05, 0.1) is 24.2 Å². The van der Waals surface area contributed by atoms with Gasteiger partial charge in [0, 0.05) is 35.9 Å². The lowest BCUT2D eigenvalue weighted by Crippen LogP contribution is -2.49. The van der Waals surface area contributed by atoms with Crippen LogP contribution in [0.15, 0.2) is 59.6 Å². The van der Waals surface area contributed by atoms with Gasteiger partial charge in [-0.3, -0.25) is 9.59 Å². The van der Waals surface area contributed by atoms with E-state index in [0.717, 1.165) is 0 Å². The fraction of sp³-hybridized carbons (Fsp3) is 0.360. The maximum absolute atomic E-state index is 13.2. The number of nitrogens with one attached hydrogen (secondary N) is 1. The first-order valence-corrected chi connectivity index (χ1v) is 13.0. The zero-order valence-corrected chi connectivity index (χ0v) is 20.7. The van der Waals surface area contributed by atoms with Crippen molar-refractivity contribution in [3.63, 3.8) is 0 Å². The summed E-state index contributed by atoms with van der Waals surface area (Å²) in [6, 6.07) is 13.6. The van der Waals surface area contributed by atoms with Crippen LogP contribution in [-0.2, 0) is 30.7 Å². The van der Waals surface area contributed by atoms with Gasteiger partial charge in [0.15, 0.2) is 9.84 Å². The summed E-state index contributed by atoms with van der Waals surface area (Å²) in [7, 11) is -2.44. The molecule has 2 heterocycles. The minimum absolute atomic E-state index is 0.00643. The molecule has 35 heavy (non-hydrogen) atoms. The number of benzene rings is 2. The Balaban J connectivity index is 1.54. The smallest absolute Gasteiger partial charge is 0.242 e. The van der Waals surface area contributed by atoms with Crippen molar-refractivity contribution in [2.45, 2.75) is 37.5 Å². The number of carbonyl (C=O) groups excluding carboxylic acids is 2. The number of rotatable bonds is 7. The molecule has 1 N–H and O–H groups in total. The van der Waals surface area contributed by atoms with E-state index in [1.165, 1.54) is 13.3 Å². The largest absolute Gasteiger partial charge is 0.497 e. The lowest BCUT2D eigenvalue weighted by atomic mass is 10.2. The highest BCUT2D eigenvalue weighted by molar-refractivity contribution is 7.92. The Labute approximate surface area is 204 Å². The number of para-hydroxylation sites is 1. The third-order valence-electron chi connectivity index (χ3n) is 5.86. The maximum atomic E-state index is 13.2. The number of morpholine rings is 1. The van der Waals surface area contributed by atoms with E-state index in [9.17, 15) is 18.0 Å². The molecule has 1 fully saturated rings. The first kappa shape index (κ1) is 24.7. The molecule has 186 valence electrons. The van der Waals surface area contributed by atoms with Crippen LogP contribution in [0.2, 0.25) is 0 Å². The van der Waals surface area contributed by atoms with Crippen LogP contribution in [0, 0.1) is 0 Å². The Kier molecular flexibility index (Phi) is 7.13. The van der Waals surface area contributed by atoms with E-state index in [2.05, 4.69) is 5.32 Å². The lowest BCUT2D eigenvalue weighted by molar-refractivity contribution is -0.143. The van der Waals surface area contributed by atoms with Gasteiger partial charge < -0.3 is 24.3 Å². The normalized spacial score (nSPS) is 18.4. The molecule has 4 rings (SSSR count). The Bertz CT molecular complexity index is 1320. The molecular weight excluding hydrogens is 470 g/mol. The number of hydrogen-bond donors (Lipinski definition) is 1. The van der Waals surface area contributed by atoms with Crippen molar-refractivity contribution in [3.8, 4) is 5.75 Å². The molecule has 10 heteroatoms. The Morgan fingerprint density at radius 3 is 2.37 bits per heavy atom. The molecule has 9 nitrogen and oxygen atoms in total. The molecule has 0 saturated carbocycles. The van der Waals surface area contributed by atoms with Gasteiger partial charge in [-0.1, -0.05) is 18.2 Å². The van der Waals surface area contributed by atoms with E-state index in [0.29, 0.717) is 35.4 Å². The minimum Gasteiger partial charge on any atom is -0.497 e. The number of sulfone groups is 1. The molecule has 1 aromatic heterocycles. The van der Waals surface area contributed by atoms with Gasteiger partial charge in [-0.25, -0.2) is 8.42 Å². The summed E-state index contributed by atoms with van der Waals surface area (Å²) in [5, 5.41) is 3.08. The van der Waals surface area contributed by atoms with E-state index in [1.807, 2.05) is 13.8 Å². The number of amides is 2. The average Bonchev–Trinajstić information content (AvgIpc) is 3.18. The maximum Gasteiger partial charge on any atom is 0.242 e. The van der Waals surface area contributed by atoms with Crippen LogP contribution >= 0.6 is 0 Å². The second kappa shape index (κ2) is 10.1. The van der Waals surface area contributed by atoms with E-state index in [4.69, 9.17) is 9.47 Å². The van der Waals surface area contributed by atoms with Gasteiger partial charge in [0.2, 0.25) is 11.8 Å². The summed E-state index contributed by atoms with van der Waals surface area (Å²) in [5.74, 6) is -0.869. The molecule has 1 saturated heterocycles. The predicted molar refractivity (Wildman–Crippen MR) is 132 cm³/mol. The van der Waals surface area contributed by atoms with Crippen molar-refractivity contribution in [2.75, 3.05) is 31.3 Å². The molecule has 3 aromatic rings. The van der Waals surface area contributed by atoms with Gasteiger partial charge in [0.1, 0.15) is 18.0 Å². The first-order valence-electron chi connectivity index (χ1n) is 11.3. The molecule has 0 spiro atoms.